The molecule has 6 nitrogen and oxygen atoms in total. The molecule has 78 valence electrons. The molecule has 0 amide bonds. The minimum Gasteiger partial charge on any atom is -0.393 e. The van der Waals surface area contributed by atoms with Gasteiger partial charge in [-0.3, -0.25) is 0 Å². The van der Waals surface area contributed by atoms with Crippen molar-refractivity contribution in [1.29, 1.82) is 0 Å². The first-order valence-corrected chi connectivity index (χ1v) is 4.41. The van der Waals surface area contributed by atoms with Gasteiger partial charge in [-0.2, -0.15) is 5.10 Å². The molecular weight excluding hydrogens is 196 g/mol. The highest BCUT2D eigenvalue weighted by molar-refractivity contribution is 5.24. The zero-order chi connectivity index (χ0) is 10.7. The quantitative estimate of drug-likeness (QED) is 0.719. The first kappa shape index (κ1) is 9.75. The van der Waals surface area contributed by atoms with Crippen LogP contribution >= 0.6 is 0 Å². The zero-order valence-electron chi connectivity index (χ0n) is 7.85. The lowest BCUT2D eigenvalue weighted by molar-refractivity contribution is 0.0953. The topological polar surface area (TPSA) is 84.1 Å². The first-order valence-electron chi connectivity index (χ1n) is 4.41. The zero-order valence-corrected chi connectivity index (χ0v) is 7.85. The number of hydrogen-bond donors (Lipinski definition) is 2. The lowest BCUT2D eigenvalue weighted by Crippen LogP contribution is -2.04. The molecule has 2 rings (SSSR count). The van der Waals surface area contributed by atoms with Gasteiger partial charge >= 0.3 is 0 Å². The van der Waals surface area contributed by atoms with Crippen LogP contribution in [0.4, 0.5) is 0 Å². The highest BCUT2D eigenvalue weighted by Gasteiger charge is 2.06. The third kappa shape index (κ3) is 2.00. The van der Waals surface area contributed by atoms with Gasteiger partial charge in [0.2, 0.25) is 0 Å². The van der Waals surface area contributed by atoms with Crippen LogP contribution in [0.2, 0.25) is 0 Å². The summed E-state index contributed by atoms with van der Waals surface area (Å²) >= 11 is 0. The van der Waals surface area contributed by atoms with Crippen molar-refractivity contribution in [3.05, 3.63) is 36.5 Å². The van der Waals surface area contributed by atoms with Gasteiger partial charge in [-0.25, -0.2) is 14.6 Å². The second-order valence-electron chi connectivity index (χ2n) is 2.99. The highest BCUT2D eigenvalue weighted by Crippen LogP contribution is 2.11. The Morgan fingerprint density at radius 1 is 1.40 bits per heavy atom. The standard InChI is InChI=1S/C9H10N4O2/c14-4-8(15)7-1-2-9(11-3-7)13-6-10-5-12-13/h1-3,5-6,8,14-15H,4H2. The molecule has 2 aromatic heterocycles. The summed E-state index contributed by atoms with van der Waals surface area (Å²) in [6.07, 6.45) is 3.56. The van der Waals surface area contributed by atoms with Crippen molar-refractivity contribution in [2.45, 2.75) is 6.10 Å². The fraction of sp³-hybridized carbons (Fsp3) is 0.222. The van der Waals surface area contributed by atoms with E-state index in [4.69, 9.17) is 5.11 Å². The van der Waals surface area contributed by atoms with E-state index in [0.29, 0.717) is 11.4 Å². The van der Waals surface area contributed by atoms with Gasteiger partial charge in [-0.05, 0) is 6.07 Å². The lowest BCUT2D eigenvalue weighted by atomic mass is 10.2. The molecule has 2 heterocycles. The van der Waals surface area contributed by atoms with Crippen molar-refractivity contribution >= 4 is 0 Å². The predicted molar refractivity (Wildman–Crippen MR) is 51.2 cm³/mol. The van der Waals surface area contributed by atoms with Crippen molar-refractivity contribution in [1.82, 2.24) is 19.7 Å². The minimum absolute atomic E-state index is 0.315. The molecule has 0 aliphatic rings. The van der Waals surface area contributed by atoms with Crippen molar-refractivity contribution in [2.24, 2.45) is 0 Å². The normalized spacial score (nSPS) is 12.7. The third-order valence-corrected chi connectivity index (χ3v) is 1.98. The Kier molecular flexibility index (Phi) is 2.70. The van der Waals surface area contributed by atoms with Gasteiger partial charge in [-0.15, -0.1) is 0 Å². The molecule has 0 spiro atoms. The fourth-order valence-corrected chi connectivity index (χ4v) is 1.16. The molecule has 0 bridgehead atoms. The third-order valence-electron chi connectivity index (χ3n) is 1.98. The average molecular weight is 206 g/mol. The Balaban J connectivity index is 2.25. The molecule has 0 saturated carbocycles. The first-order chi connectivity index (χ1) is 7.31. The van der Waals surface area contributed by atoms with E-state index in [0.717, 1.165) is 0 Å². The van der Waals surface area contributed by atoms with Crippen LogP contribution in [-0.4, -0.2) is 36.6 Å². The summed E-state index contributed by atoms with van der Waals surface area (Å²) in [5.41, 5.74) is 0.571. The summed E-state index contributed by atoms with van der Waals surface area (Å²) in [7, 11) is 0. The fourth-order valence-electron chi connectivity index (χ4n) is 1.16. The summed E-state index contributed by atoms with van der Waals surface area (Å²) in [4.78, 5) is 7.87. The predicted octanol–water partition coefficient (Wildman–Crippen LogP) is -0.312. The Hall–Kier alpha value is -1.79. The van der Waals surface area contributed by atoms with Gasteiger partial charge in [0, 0.05) is 11.8 Å². The van der Waals surface area contributed by atoms with Gasteiger partial charge < -0.3 is 10.2 Å². The van der Waals surface area contributed by atoms with E-state index >= 15 is 0 Å². The molecule has 0 aliphatic carbocycles. The summed E-state index contributed by atoms with van der Waals surface area (Å²) in [6, 6.07) is 3.38. The number of nitrogens with zero attached hydrogens (tertiary/aromatic N) is 4. The van der Waals surface area contributed by atoms with E-state index in [9.17, 15) is 5.11 Å². The maximum absolute atomic E-state index is 9.33. The van der Waals surface area contributed by atoms with Crippen molar-refractivity contribution < 1.29 is 10.2 Å². The van der Waals surface area contributed by atoms with E-state index in [1.807, 2.05) is 0 Å². The largest absolute Gasteiger partial charge is 0.393 e. The SMILES string of the molecule is OCC(O)c1ccc(-n2cncn2)nc1. The van der Waals surface area contributed by atoms with E-state index in [-0.39, 0.29) is 6.61 Å². The Bertz CT molecular complexity index is 412. The van der Waals surface area contributed by atoms with Gasteiger partial charge in [0.05, 0.1) is 6.61 Å². The number of hydrogen-bond acceptors (Lipinski definition) is 5. The second kappa shape index (κ2) is 4.16. The molecule has 0 aliphatic heterocycles. The molecule has 15 heavy (non-hydrogen) atoms. The summed E-state index contributed by atoms with van der Waals surface area (Å²) in [5.74, 6) is 0.612. The molecule has 0 fully saturated rings. The highest BCUT2D eigenvalue weighted by atomic mass is 16.3. The maximum Gasteiger partial charge on any atom is 0.155 e. The minimum atomic E-state index is -0.887. The Morgan fingerprint density at radius 3 is 2.80 bits per heavy atom. The second-order valence-corrected chi connectivity index (χ2v) is 2.99. The van der Waals surface area contributed by atoms with Crippen LogP contribution in [0, 0.1) is 0 Å². The summed E-state index contributed by atoms with van der Waals surface area (Å²) in [6.45, 7) is -0.315. The van der Waals surface area contributed by atoms with Gasteiger partial charge in [0.15, 0.2) is 5.82 Å². The molecule has 0 aromatic carbocycles. The van der Waals surface area contributed by atoms with Gasteiger partial charge in [0.25, 0.3) is 0 Å². The van der Waals surface area contributed by atoms with Crippen LogP contribution in [-0.2, 0) is 0 Å². The van der Waals surface area contributed by atoms with Crippen molar-refractivity contribution in [3.8, 4) is 5.82 Å². The number of aromatic nitrogens is 4. The van der Waals surface area contributed by atoms with Crippen molar-refractivity contribution in [2.75, 3.05) is 6.61 Å². The van der Waals surface area contributed by atoms with Crippen LogP contribution in [0.1, 0.15) is 11.7 Å². The molecule has 2 aromatic rings. The average Bonchev–Trinajstić information content (AvgIpc) is 2.82. The van der Waals surface area contributed by atoms with Crippen LogP contribution in [0.3, 0.4) is 0 Å². The van der Waals surface area contributed by atoms with Crippen LogP contribution in [0.5, 0.6) is 0 Å². The monoisotopic (exact) mass is 206 g/mol. The van der Waals surface area contributed by atoms with Crippen LogP contribution < -0.4 is 0 Å². The number of rotatable bonds is 3. The smallest absolute Gasteiger partial charge is 0.155 e. The Morgan fingerprint density at radius 2 is 2.27 bits per heavy atom. The lowest BCUT2D eigenvalue weighted by Gasteiger charge is -2.07. The molecule has 2 N–H and O–H groups in total. The van der Waals surface area contributed by atoms with Gasteiger partial charge in [-0.1, -0.05) is 6.07 Å². The molecule has 1 unspecified atom stereocenters. The van der Waals surface area contributed by atoms with Crippen molar-refractivity contribution in [3.63, 3.8) is 0 Å². The molecule has 1 atom stereocenters. The van der Waals surface area contributed by atoms with Crippen LogP contribution in [0.25, 0.3) is 5.82 Å². The number of aliphatic hydroxyl groups excluding tert-OH is 2. The van der Waals surface area contributed by atoms with E-state index in [2.05, 4.69) is 15.1 Å². The van der Waals surface area contributed by atoms with Crippen LogP contribution in [0.15, 0.2) is 31.0 Å². The molecule has 0 radical (unpaired) electrons. The molecule has 6 heteroatoms. The van der Waals surface area contributed by atoms with Gasteiger partial charge in [0.1, 0.15) is 18.8 Å². The summed E-state index contributed by atoms with van der Waals surface area (Å²) < 4.78 is 1.51. The maximum atomic E-state index is 9.33. The number of pyridine rings is 1. The van der Waals surface area contributed by atoms with E-state index < -0.39 is 6.10 Å². The van der Waals surface area contributed by atoms with E-state index in [1.54, 1.807) is 12.1 Å². The molecular formula is C9H10N4O2. The molecule has 0 saturated heterocycles. The Labute approximate surface area is 85.9 Å². The summed E-state index contributed by atoms with van der Waals surface area (Å²) in [5, 5.41) is 22.0. The van der Waals surface area contributed by atoms with E-state index in [1.165, 1.54) is 23.5 Å². The number of aliphatic hydroxyl groups is 2.